The Bertz CT molecular complexity index is 1260. The third-order valence-electron chi connectivity index (χ3n) is 6.88. The van der Waals surface area contributed by atoms with E-state index in [2.05, 4.69) is 25.8 Å². The molecule has 1 heterocycles. The van der Waals surface area contributed by atoms with Crippen LogP contribution in [0.3, 0.4) is 0 Å². The van der Waals surface area contributed by atoms with Crippen molar-refractivity contribution < 1.29 is 23.8 Å². The zero-order valence-corrected chi connectivity index (χ0v) is 22.3. The second-order valence-corrected chi connectivity index (χ2v) is 11.3. The minimum Gasteiger partial charge on any atom is -0.497 e. The number of halogens is 1. The molecule has 0 saturated heterocycles. The highest BCUT2D eigenvalue weighted by Crippen LogP contribution is 2.47. The average molecular weight is 506 g/mol. The van der Waals surface area contributed by atoms with E-state index in [1.165, 1.54) is 6.07 Å². The summed E-state index contributed by atoms with van der Waals surface area (Å²) in [5, 5.41) is 9.60. The number of ether oxygens (including phenoxy) is 2. The van der Waals surface area contributed by atoms with Gasteiger partial charge in [0.15, 0.2) is 0 Å². The van der Waals surface area contributed by atoms with Gasteiger partial charge in [0, 0.05) is 17.3 Å². The van der Waals surface area contributed by atoms with Crippen LogP contribution in [-0.4, -0.2) is 23.2 Å². The van der Waals surface area contributed by atoms with Gasteiger partial charge in [0.05, 0.1) is 18.7 Å². The fourth-order valence-electron chi connectivity index (χ4n) is 4.96. The monoisotopic (exact) mass is 505 g/mol. The van der Waals surface area contributed by atoms with Crippen molar-refractivity contribution in [1.82, 2.24) is 4.98 Å². The van der Waals surface area contributed by atoms with Crippen LogP contribution in [0, 0.1) is 23.1 Å². The number of aliphatic carboxylic acids is 1. The van der Waals surface area contributed by atoms with Crippen LogP contribution >= 0.6 is 0 Å². The normalized spacial score (nSPS) is 15.2. The van der Waals surface area contributed by atoms with Gasteiger partial charge in [-0.15, -0.1) is 0 Å². The molecule has 2 atom stereocenters. The predicted molar refractivity (Wildman–Crippen MR) is 142 cm³/mol. The fourth-order valence-corrected chi connectivity index (χ4v) is 4.96. The zero-order valence-electron chi connectivity index (χ0n) is 22.3. The van der Waals surface area contributed by atoms with Gasteiger partial charge in [-0.3, -0.25) is 9.78 Å². The Balaban J connectivity index is 1.58. The lowest BCUT2D eigenvalue weighted by molar-refractivity contribution is -0.142. The first-order chi connectivity index (χ1) is 17.6. The maximum atomic E-state index is 14.8. The number of benzene rings is 2. The van der Waals surface area contributed by atoms with Gasteiger partial charge in [-0.2, -0.15) is 0 Å². The highest BCUT2D eigenvalue weighted by molar-refractivity contribution is 5.71. The Kier molecular flexibility index (Phi) is 7.86. The minimum atomic E-state index is -0.770. The third kappa shape index (κ3) is 6.68. The first-order valence-electron chi connectivity index (χ1n) is 12.8. The topological polar surface area (TPSA) is 68.7 Å². The maximum Gasteiger partial charge on any atom is 0.306 e. The van der Waals surface area contributed by atoms with E-state index in [0.29, 0.717) is 41.7 Å². The molecule has 1 aromatic heterocycles. The molecule has 5 nitrogen and oxygen atoms in total. The summed E-state index contributed by atoms with van der Waals surface area (Å²) in [7, 11) is 1.56. The molecule has 6 heteroatoms. The molecule has 0 bridgehead atoms. The van der Waals surface area contributed by atoms with E-state index in [-0.39, 0.29) is 17.2 Å². The van der Waals surface area contributed by atoms with E-state index >= 15 is 0 Å². The highest BCUT2D eigenvalue weighted by Gasteiger charge is 2.38. The largest absolute Gasteiger partial charge is 0.497 e. The van der Waals surface area contributed by atoms with Crippen LogP contribution in [0.4, 0.5) is 4.39 Å². The standard InChI is InChI=1S/C31H36FNO4/c1-19(30(34)35)28(21-9-10-21)22-7-6-8-25(14-22)37-18-20-13-23(16-31(2,3)4)29(33-17-20)26-15-24(36-5)11-12-27(26)32/h6-8,11-15,17,19,21,28H,9-10,16,18H2,1-5H3,(H,34,35). The van der Waals surface area contributed by atoms with Crippen LogP contribution < -0.4 is 9.47 Å². The zero-order chi connectivity index (χ0) is 26.7. The van der Waals surface area contributed by atoms with Gasteiger partial charge >= 0.3 is 5.97 Å². The molecule has 2 unspecified atom stereocenters. The van der Waals surface area contributed by atoms with Gasteiger partial charge in [0.2, 0.25) is 0 Å². The van der Waals surface area contributed by atoms with Gasteiger partial charge in [0.1, 0.15) is 23.9 Å². The summed E-state index contributed by atoms with van der Waals surface area (Å²) in [6.07, 6.45) is 4.57. The van der Waals surface area contributed by atoms with Crippen LogP contribution in [0.15, 0.2) is 54.7 Å². The molecule has 1 aliphatic rings. The summed E-state index contributed by atoms with van der Waals surface area (Å²) < 4.78 is 26.2. The molecule has 0 amide bonds. The van der Waals surface area contributed by atoms with E-state index in [1.54, 1.807) is 32.4 Å². The molecule has 0 spiro atoms. The van der Waals surface area contributed by atoms with Crippen molar-refractivity contribution in [1.29, 1.82) is 0 Å². The number of aromatic nitrogens is 1. The molecule has 1 fully saturated rings. The minimum absolute atomic E-state index is 0.0156. The quantitative estimate of drug-likeness (QED) is 0.314. The van der Waals surface area contributed by atoms with Crippen LogP contribution in [0.25, 0.3) is 11.3 Å². The summed E-state index contributed by atoms with van der Waals surface area (Å²) in [5.41, 5.74) is 3.82. The Hall–Kier alpha value is -3.41. The van der Waals surface area contributed by atoms with Crippen LogP contribution in [0.1, 0.15) is 63.1 Å². The summed E-state index contributed by atoms with van der Waals surface area (Å²) in [4.78, 5) is 16.4. The van der Waals surface area contributed by atoms with Gasteiger partial charge in [-0.25, -0.2) is 4.39 Å². The summed E-state index contributed by atoms with van der Waals surface area (Å²) in [6.45, 7) is 8.51. The molecular formula is C31H36FNO4. The second-order valence-electron chi connectivity index (χ2n) is 11.3. The molecule has 1 N–H and O–H groups in total. The van der Waals surface area contributed by atoms with Crippen LogP contribution in [0.5, 0.6) is 11.5 Å². The first kappa shape index (κ1) is 26.6. The molecule has 1 aliphatic carbocycles. The number of hydrogen-bond acceptors (Lipinski definition) is 4. The van der Waals surface area contributed by atoms with Crippen LogP contribution in [0.2, 0.25) is 0 Å². The summed E-state index contributed by atoms with van der Waals surface area (Å²) in [6, 6.07) is 14.5. The van der Waals surface area contributed by atoms with E-state index in [1.807, 2.05) is 30.3 Å². The Morgan fingerprint density at radius 2 is 1.89 bits per heavy atom. The van der Waals surface area contributed by atoms with Crippen molar-refractivity contribution in [3.05, 3.63) is 77.2 Å². The molecule has 0 radical (unpaired) electrons. The third-order valence-corrected chi connectivity index (χ3v) is 6.88. The molecule has 2 aromatic carbocycles. The van der Waals surface area contributed by atoms with E-state index in [4.69, 9.17) is 9.47 Å². The number of methoxy groups -OCH3 is 1. The van der Waals surface area contributed by atoms with Gasteiger partial charge < -0.3 is 14.6 Å². The number of hydrogen-bond donors (Lipinski definition) is 1. The number of carboxylic acid groups (broad SMARTS) is 1. The first-order valence-corrected chi connectivity index (χ1v) is 12.8. The smallest absolute Gasteiger partial charge is 0.306 e. The Morgan fingerprint density at radius 1 is 1.14 bits per heavy atom. The molecular weight excluding hydrogens is 469 g/mol. The van der Waals surface area contributed by atoms with E-state index in [0.717, 1.165) is 29.5 Å². The van der Waals surface area contributed by atoms with Crippen molar-refractivity contribution in [3.63, 3.8) is 0 Å². The predicted octanol–water partition coefficient (Wildman–Crippen LogP) is 7.28. The summed E-state index contributed by atoms with van der Waals surface area (Å²) >= 11 is 0. The molecule has 3 aromatic rings. The van der Waals surface area contributed by atoms with Crippen LogP contribution in [-0.2, 0) is 17.8 Å². The van der Waals surface area contributed by atoms with Crippen molar-refractivity contribution in [2.75, 3.05) is 7.11 Å². The van der Waals surface area contributed by atoms with E-state index in [9.17, 15) is 14.3 Å². The summed E-state index contributed by atoms with van der Waals surface area (Å²) in [5.74, 6) is 0.109. The number of carbonyl (C=O) groups is 1. The highest BCUT2D eigenvalue weighted by atomic mass is 19.1. The lowest BCUT2D eigenvalue weighted by Crippen LogP contribution is -2.20. The number of pyridine rings is 1. The van der Waals surface area contributed by atoms with Crippen molar-refractivity contribution in [3.8, 4) is 22.8 Å². The molecule has 196 valence electrons. The Morgan fingerprint density at radius 3 is 2.54 bits per heavy atom. The molecule has 37 heavy (non-hydrogen) atoms. The number of nitrogens with zero attached hydrogens (tertiary/aromatic N) is 1. The second kappa shape index (κ2) is 10.9. The van der Waals surface area contributed by atoms with Gasteiger partial charge in [-0.1, -0.05) is 39.8 Å². The van der Waals surface area contributed by atoms with Crippen molar-refractivity contribution in [2.45, 2.75) is 59.5 Å². The lowest BCUT2D eigenvalue weighted by Gasteiger charge is -2.22. The number of rotatable bonds is 10. The fraction of sp³-hybridized carbons (Fsp3) is 0.419. The van der Waals surface area contributed by atoms with Gasteiger partial charge in [-0.05, 0) is 84.0 Å². The van der Waals surface area contributed by atoms with E-state index < -0.39 is 11.9 Å². The van der Waals surface area contributed by atoms with Gasteiger partial charge in [0.25, 0.3) is 0 Å². The molecule has 1 saturated carbocycles. The average Bonchev–Trinajstić information content (AvgIpc) is 3.68. The lowest BCUT2D eigenvalue weighted by atomic mass is 9.83. The SMILES string of the molecule is COc1ccc(F)c(-c2ncc(COc3cccc(C(C4CC4)C(C)C(=O)O)c3)cc2CC(C)(C)C)c1. The number of carboxylic acids is 1. The van der Waals surface area contributed by atoms with Crippen molar-refractivity contribution >= 4 is 5.97 Å². The van der Waals surface area contributed by atoms with Crippen molar-refractivity contribution in [2.24, 2.45) is 17.3 Å². The molecule has 4 rings (SSSR count). The molecule has 0 aliphatic heterocycles. The maximum absolute atomic E-state index is 14.8. The Labute approximate surface area is 218 Å².